The van der Waals surface area contributed by atoms with Gasteiger partial charge >= 0.3 is 0 Å². The molecule has 3 aromatic rings. The van der Waals surface area contributed by atoms with Crippen LogP contribution in [0.5, 0.6) is 11.5 Å². The van der Waals surface area contributed by atoms with Crippen molar-refractivity contribution in [2.45, 2.75) is 6.54 Å². The lowest BCUT2D eigenvalue weighted by Crippen LogP contribution is -2.29. The quantitative estimate of drug-likeness (QED) is 0.626. The maximum Gasteiger partial charge on any atom is 0.277 e. The molecule has 0 bridgehead atoms. The number of hydrogen-bond donors (Lipinski definition) is 3. The maximum atomic E-state index is 12.4. The molecule has 3 rings (SSSR count). The Balaban J connectivity index is 1.83. The van der Waals surface area contributed by atoms with Gasteiger partial charge in [-0.1, -0.05) is 23.7 Å². The van der Waals surface area contributed by atoms with Crippen molar-refractivity contribution < 1.29 is 14.6 Å². The molecule has 0 atom stereocenters. The highest BCUT2D eigenvalue weighted by Crippen LogP contribution is 2.30. The molecule has 1 heterocycles. The van der Waals surface area contributed by atoms with E-state index in [-0.39, 0.29) is 23.6 Å². The Morgan fingerprint density at radius 1 is 1.22 bits per heavy atom. The van der Waals surface area contributed by atoms with Crippen molar-refractivity contribution in [3.63, 3.8) is 0 Å². The predicted molar refractivity (Wildman–Crippen MR) is 101 cm³/mol. The molecule has 1 amide bonds. The topological polar surface area (TPSA) is 104 Å². The van der Waals surface area contributed by atoms with Crippen LogP contribution >= 0.6 is 11.6 Å². The number of phenols is 1. The van der Waals surface area contributed by atoms with Gasteiger partial charge < -0.3 is 15.2 Å². The number of rotatable bonds is 5. The second-order valence-corrected chi connectivity index (χ2v) is 6.13. The first-order valence-corrected chi connectivity index (χ1v) is 8.35. The second-order valence-electron chi connectivity index (χ2n) is 5.69. The molecule has 0 radical (unpaired) electrons. The van der Waals surface area contributed by atoms with Crippen LogP contribution in [0.2, 0.25) is 5.02 Å². The van der Waals surface area contributed by atoms with E-state index < -0.39 is 11.5 Å². The number of ether oxygens (including phenoxy) is 1. The van der Waals surface area contributed by atoms with Crippen LogP contribution in [-0.4, -0.2) is 28.3 Å². The Hall–Kier alpha value is -3.32. The zero-order valence-electron chi connectivity index (χ0n) is 14.3. The van der Waals surface area contributed by atoms with Crippen LogP contribution in [0.4, 0.5) is 0 Å². The van der Waals surface area contributed by atoms with Crippen molar-refractivity contribution in [2.24, 2.45) is 0 Å². The van der Waals surface area contributed by atoms with Gasteiger partial charge in [-0.3, -0.25) is 9.59 Å². The Morgan fingerprint density at radius 3 is 2.67 bits per heavy atom. The van der Waals surface area contributed by atoms with E-state index in [1.54, 1.807) is 36.4 Å². The number of carbonyl (C=O) groups is 1. The standard InChI is InChI=1S/C19H16ClN3O4/c1-27-17-8-12(4-7-16(17)24)15-9-14(19(26)23-22-15)18(25)21-10-11-2-5-13(20)6-3-11/h2-9,24H,10H2,1H3,(H,21,25)(H,23,26). The highest BCUT2D eigenvalue weighted by molar-refractivity contribution is 6.30. The third-order valence-corrected chi connectivity index (χ3v) is 4.14. The molecule has 0 aliphatic carbocycles. The van der Waals surface area contributed by atoms with Gasteiger partial charge in [0, 0.05) is 17.1 Å². The highest BCUT2D eigenvalue weighted by atomic mass is 35.5. The van der Waals surface area contributed by atoms with Crippen LogP contribution in [0.15, 0.2) is 53.3 Å². The molecule has 7 nitrogen and oxygen atoms in total. The van der Waals surface area contributed by atoms with Gasteiger partial charge in [0.25, 0.3) is 11.5 Å². The minimum atomic E-state index is -0.599. The number of methoxy groups -OCH3 is 1. The van der Waals surface area contributed by atoms with E-state index in [9.17, 15) is 14.7 Å². The van der Waals surface area contributed by atoms with Crippen molar-refractivity contribution in [3.05, 3.63) is 75.0 Å². The highest BCUT2D eigenvalue weighted by Gasteiger charge is 2.14. The average Bonchev–Trinajstić information content (AvgIpc) is 2.68. The first kappa shape index (κ1) is 18.5. The number of amides is 1. The van der Waals surface area contributed by atoms with Gasteiger partial charge in [-0.15, -0.1) is 0 Å². The third-order valence-electron chi connectivity index (χ3n) is 3.89. The Morgan fingerprint density at radius 2 is 1.96 bits per heavy atom. The number of nitrogens with one attached hydrogen (secondary N) is 2. The van der Waals surface area contributed by atoms with Gasteiger partial charge in [0.2, 0.25) is 0 Å². The molecule has 0 fully saturated rings. The number of carbonyl (C=O) groups excluding carboxylic acids is 1. The van der Waals surface area contributed by atoms with Gasteiger partial charge in [0.1, 0.15) is 5.56 Å². The zero-order chi connectivity index (χ0) is 19.4. The summed E-state index contributed by atoms with van der Waals surface area (Å²) in [7, 11) is 1.43. The molecule has 27 heavy (non-hydrogen) atoms. The molecule has 0 saturated carbocycles. The van der Waals surface area contributed by atoms with Gasteiger partial charge in [-0.2, -0.15) is 5.10 Å². The molecule has 0 aliphatic heterocycles. The molecule has 3 N–H and O–H groups in total. The number of hydrogen-bond acceptors (Lipinski definition) is 5. The maximum absolute atomic E-state index is 12.4. The van der Waals surface area contributed by atoms with Crippen molar-refractivity contribution in [3.8, 4) is 22.8 Å². The molecule has 138 valence electrons. The van der Waals surface area contributed by atoms with E-state index in [0.717, 1.165) is 5.56 Å². The lowest BCUT2D eigenvalue weighted by molar-refractivity contribution is 0.0949. The fraction of sp³-hybridized carbons (Fsp3) is 0.105. The van der Waals surface area contributed by atoms with E-state index in [0.29, 0.717) is 16.3 Å². The van der Waals surface area contributed by atoms with Gasteiger partial charge in [-0.25, -0.2) is 5.10 Å². The lowest BCUT2D eigenvalue weighted by atomic mass is 10.1. The average molecular weight is 386 g/mol. The number of phenolic OH excluding ortho intramolecular Hbond substituents is 1. The summed E-state index contributed by atoms with van der Waals surface area (Å²) in [4.78, 5) is 24.4. The number of H-pyrrole nitrogens is 1. The summed E-state index contributed by atoms with van der Waals surface area (Å²) in [5.41, 5.74) is 1.12. The van der Waals surface area contributed by atoms with Crippen LogP contribution in [0, 0.1) is 0 Å². The lowest BCUT2D eigenvalue weighted by Gasteiger charge is -2.08. The number of aromatic amines is 1. The van der Waals surface area contributed by atoms with Crippen LogP contribution in [0.1, 0.15) is 15.9 Å². The molecule has 0 saturated heterocycles. The summed E-state index contributed by atoms with van der Waals surface area (Å²) in [6, 6.07) is 13.0. The fourth-order valence-electron chi connectivity index (χ4n) is 2.44. The Bertz CT molecular complexity index is 1030. The van der Waals surface area contributed by atoms with Crippen molar-refractivity contribution >= 4 is 17.5 Å². The largest absolute Gasteiger partial charge is 0.504 e. The molecule has 1 aromatic heterocycles. The smallest absolute Gasteiger partial charge is 0.277 e. The van der Waals surface area contributed by atoms with Crippen LogP contribution in [-0.2, 0) is 6.54 Å². The SMILES string of the molecule is COc1cc(-c2cc(C(=O)NCc3ccc(Cl)cc3)c(=O)[nH]n2)ccc1O. The zero-order valence-corrected chi connectivity index (χ0v) is 15.1. The van der Waals surface area contributed by atoms with Gasteiger partial charge in [0.05, 0.1) is 12.8 Å². The number of halogens is 1. The van der Waals surface area contributed by atoms with Crippen LogP contribution in [0.25, 0.3) is 11.3 Å². The van der Waals surface area contributed by atoms with Crippen LogP contribution in [0.3, 0.4) is 0 Å². The molecular weight excluding hydrogens is 370 g/mol. The molecular formula is C19H16ClN3O4. The number of benzene rings is 2. The summed E-state index contributed by atoms with van der Waals surface area (Å²) in [6.07, 6.45) is 0. The summed E-state index contributed by atoms with van der Waals surface area (Å²) >= 11 is 5.83. The van der Waals surface area contributed by atoms with Crippen molar-refractivity contribution in [1.82, 2.24) is 15.5 Å². The van der Waals surface area contributed by atoms with E-state index in [1.807, 2.05) is 0 Å². The summed E-state index contributed by atoms with van der Waals surface area (Å²) in [6.45, 7) is 0.250. The molecule has 2 aromatic carbocycles. The molecule has 8 heteroatoms. The number of nitrogens with zero attached hydrogens (tertiary/aromatic N) is 1. The first-order chi connectivity index (χ1) is 13.0. The normalized spacial score (nSPS) is 10.4. The van der Waals surface area contributed by atoms with Crippen LogP contribution < -0.4 is 15.6 Å². The minimum absolute atomic E-state index is 0.0217. The van der Waals surface area contributed by atoms with E-state index in [2.05, 4.69) is 15.5 Å². The molecule has 0 aliphatic rings. The summed E-state index contributed by atoms with van der Waals surface area (Å²) in [5.74, 6) is -0.290. The second kappa shape index (κ2) is 7.92. The fourth-order valence-corrected chi connectivity index (χ4v) is 2.57. The van der Waals surface area contributed by atoms with E-state index in [1.165, 1.54) is 19.2 Å². The number of aromatic nitrogens is 2. The molecule has 0 unspecified atom stereocenters. The minimum Gasteiger partial charge on any atom is -0.504 e. The Labute approximate surface area is 159 Å². The summed E-state index contributed by atoms with van der Waals surface area (Å²) < 4.78 is 5.07. The number of aromatic hydroxyl groups is 1. The van der Waals surface area contributed by atoms with Crippen molar-refractivity contribution in [2.75, 3.05) is 7.11 Å². The predicted octanol–water partition coefficient (Wildman–Crippen LogP) is 2.73. The van der Waals surface area contributed by atoms with Crippen molar-refractivity contribution in [1.29, 1.82) is 0 Å². The van der Waals surface area contributed by atoms with E-state index in [4.69, 9.17) is 16.3 Å². The monoisotopic (exact) mass is 385 g/mol. The first-order valence-electron chi connectivity index (χ1n) is 7.97. The van der Waals surface area contributed by atoms with E-state index >= 15 is 0 Å². The summed E-state index contributed by atoms with van der Waals surface area (Å²) in [5, 5.41) is 19.3. The van der Waals surface area contributed by atoms with Gasteiger partial charge in [-0.05, 0) is 42.0 Å². The Kier molecular flexibility index (Phi) is 5.42. The van der Waals surface area contributed by atoms with Gasteiger partial charge in [0.15, 0.2) is 11.5 Å². The third kappa shape index (κ3) is 4.27. The molecule has 0 spiro atoms.